The van der Waals surface area contributed by atoms with Gasteiger partial charge in [-0.15, -0.1) is 5.10 Å². The van der Waals surface area contributed by atoms with E-state index >= 15 is 0 Å². The largest absolute Gasteiger partial charge is 0.478 e. The lowest BCUT2D eigenvalue weighted by atomic mass is 10.1. The number of pyridine rings is 1. The summed E-state index contributed by atoms with van der Waals surface area (Å²) >= 11 is 0. The topological polar surface area (TPSA) is 80.9 Å². The molecule has 0 bridgehead atoms. The second-order valence-corrected chi connectivity index (χ2v) is 4.55. The molecule has 0 aliphatic carbocycles. The van der Waals surface area contributed by atoms with Gasteiger partial charge >= 0.3 is 5.97 Å². The van der Waals surface area contributed by atoms with Crippen LogP contribution in [0, 0.1) is 0 Å². The normalized spacial score (nSPS) is 10.5. The molecule has 1 aromatic carbocycles. The van der Waals surface area contributed by atoms with Crippen LogP contribution in [0.25, 0.3) is 11.3 Å². The summed E-state index contributed by atoms with van der Waals surface area (Å²) in [7, 11) is 0. The van der Waals surface area contributed by atoms with E-state index in [1.807, 2.05) is 18.3 Å². The molecular formula is C15H12N4O2. The van der Waals surface area contributed by atoms with E-state index in [0.29, 0.717) is 12.2 Å². The number of carbonyl (C=O) groups is 1. The maximum absolute atomic E-state index is 10.8. The molecule has 0 saturated carbocycles. The van der Waals surface area contributed by atoms with Crippen molar-refractivity contribution in [2.45, 2.75) is 6.54 Å². The summed E-state index contributed by atoms with van der Waals surface area (Å²) in [6, 6.07) is 10.4. The van der Waals surface area contributed by atoms with Crippen molar-refractivity contribution in [3.63, 3.8) is 0 Å². The number of aromatic carboxylic acids is 1. The Labute approximate surface area is 120 Å². The highest BCUT2D eigenvalue weighted by molar-refractivity contribution is 5.88. The predicted molar refractivity (Wildman–Crippen MR) is 75.8 cm³/mol. The summed E-state index contributed by atoms with van der Waals surface area (Å²) in [6.45, 7) is 0.591. The molecular weight excluding hydrogens is 268 g/mol. The Morgan fingerprint density at radius 1 is 1.19 bits per heavy atom. The summed E-state index contributed by atoms with van der Waals surface area (Å²) < 4.78 is 1.72. The Balaban J connectivity index is 1.80. The number of hydrogen-bond acceptors (Lipinski definition) is 4. The zero-order chi connectivity index (χ0) is 14.7. The van der Waals surface area contributed by atoms with Crippen molar-refractivity contribution < 1.29 is 9.90 Å². The fraction of sp³-hybridized carbons (Fsp3) is 0.0667. The van der Waals surface area contributed by atoms with Crippen molar-refractivity contribution in [1.29, 1.82) is 0 Å². The smallest absolute Gasteiger partial charge is 0.335 e. The van der Waals surface area contributed by atoms with Crippen LogP contribution in [0.3, 0.4) is 0 Å². The Morgan fingerprint density at radius 2 is 2.00 bits per heavy atom. The molecule has 0 aliphatic rings. The molecule has 0 spiro atoms. The van der Waals surface area contributed by atoms with Gasteiger partial charge < -0.3 is 5.11 Å². The van der Waals surface area contributed by atoms with Gasteiger partial charge in [0.1, 0.15) is 5.69 Å². The minimum atomic E-state index is -0.943. The van der Waals surface area contributed by atoms with Crippen LogP contribution >= 0.6 is 0 Å². The molecule has 2 aromatic heterocycles. The predicted octanol–water partition coefficient (Wildman–Crippen LogP) is 2.09. The second kappa shape index (κ2) is 5.54. The average Bonchev–Trinajstić information content (AvgIpc) is 2.97. The van der Waals surface area contributed by atoms with E-state index < -0.39 is 5.97 Å². The first-order valence-corrected chi connectivity index (χ1v) is 6.35. The summed E-state index contributed by atoms with van der Waals surface area (Å²) in [5.41, 5.74) is 2.82. The number of hydrogen-bond donors (Lipinski definition) is 1. The van der Waals surface area contributed by atoms with Crippen molar-refractivity contribution in [2.24, 2.45) is 0 Å². The number of carboxylic acids is 1. The molecule has 0 radical (unpaired) electrons. The lowest BCUT2D eigenvalue weighted by Crippen LogP contribution is -2.00. The van der Waals surface area contributed by atoms with Crippen LogP contribution in [-0.2, 0) is 6.54 Å². The van der Waals surface area contributed by atoms with E-state index in [2.05, 4.69) is 15.3 Å². The fourth-order valence-electron chi connectivity index (χ4n) is 1.97. The molecule has 1 N–H and O–H groups in total. The number of nitrogens with zero attached hydrogens (tertiary/aromatic N) is 4. The van der Waals surface area contributed by atoms with Crippen LogP contribution in [-0.4, -0.2) is 31.1 Å². The Morgan fingerprint density at radius 3 is 2.67 bits per heavy atom. The molecule has 104 valence electrons. The van der Waals surface area contributed by atoms with Crippen LogP contribution in [0.15, 0.2) is 55.0 Å². The fourth-order valence-corrected chi connectivity index (χ4v) is 1.97. The van der Waals surface area contributed by atoms with E-state index in [-0.39, 0.29) is 5.56 Å². The Kier molecular flexibility index (Phi) is 3.42. The highest BCUT2D eigenvalue weighted by Gasteiger charge is 2.06. The number of carboxylic acid groups (broad SMARTS) is 1. The quantitative estimate of drug-likeness (QED) is 0.791. The van der Waals surface area contributed by atoms with Crippen LogP contribution < -0.4 is 0 Å². The maximum atomic E-state index is 10.8. The summed E-state index contributed by atoms with van der Waals surface area (Å²) in [6.07, 6.45) is 5.33. The standard InChI is InChI=1S/C15H12N4O2/c20-15(21)13-5-3-12(4-6-13)14-10-19(18-17-14)9-11-2-1-7-16-8-11/h1-8,10H,9H2,(H,20,21). The lowest BCUT2D eigenvalue weighted by molar-refractivity contribution is 0.0697. The molecule has 0 amide bonds. The summed E-state index contributed by atoms with van der Waals surface area (Å²) in [4.78, 5) is 14.9. The number of rotatable bonds is 4. The summed E-state index contributed by atoms with van der Waals surface area (Å²) in [5.74, 6) is -0.943. The van der Waals surface area contributed by atoms with Gasteiger partial charge in [-0.2, -0.15) is 0 Å². The Bertz CT molecular complexity index is 751. The van der Waals surface area contributed by atoms with Gasteiger partial charge in [0, 0.05) is 18.0 Å². The molecule has 3 rings (SSSR count). The third-order valence-corrected chi connectivity index (χ3v) is 3.03. The van der Waals surface area contributed by atoms with Crippen molar-refractivity contribution in [3.8, 4) is 11.3 Å². The molecule has 6 nitrogen and oxygen atoms in total. The zero-order valence-corrected chi connectivity index (χ0v) is 11.0. The minimum absolute atomic E-state index is 0.251. The molecule has 21 heavy (non-hydrogen) atoms. The van der Waals surface area contributed by atoms with Crippen LogP contribution in [0.2, 0.25) is 0 Å². The van der Waals surface area contributed by atoms with Gasteiger partial charge in [-0.3, -0.25) is 4.98 Å². The SMILES string of the molecule is O=C(O)c1ccc(-c2cn(Cc3cccnc3)nn2)cc1. The number of aromatic nitrogens is 4. The molecule has 2 heterocycles. The van der Waals surface area contributed by atoms with Gasteiger partial charge in [0.2, 0.25) is 0 Å². The minimum Gasteiger partial charge on any atom is -0.478 e. The first-order chi connectivity index (χ1) is 10.2. The van der Waals surface area contributed by atoms with Crippen molar-refractivity contribution in [3.05, 3.63) is 66.1 Å². The maximum Gasteiger partial charge on any atom is 0.335 e. The third-order valence-electron chi connectivity index (χ3n) is 3.03. The average molecular weight is 280 g/mol. The van der Waals surface area contributed by atoms with Crippen molar-refractivity contribution >= 4 is 5.97 Å². The van der Waals surface area contributed by atoms with Gasteiger partial charge in [0.15, 0.2) is 0 Å². The molecule has 6 heteroatoms. The van der Waals surface area contributed by atoms with E-state index in [4.69, 9.17) is 5.11 Å². The van der Waals surface area contributed by atoms with E-state index in [9.17, 15) is 4.79 Å². The van der Waals surface area contributed by atoms with Crippen LogP contribution in [0.4, 0.5) is 0 Å². The van der Waals surface area contributed by atoms with Crippen molar-refractivity contribution in [2.75, 3.05) is 0 Å². The molecule has 3 aromatic rings. The van der Waals surface area contributed by atoms with Crippen molar-refractivity contribution in [1.82, 2.24) is 20.0 Å². The number of benzene rings is 1. The first-order valence-electron chi connectivity index (χ1n) is 6.35. The van der Waals surface area contributed by atoms with Gasteiger partial charge in [0.25, 0.3) is 0 Å². The summed E-state index contributed by atoms with van der Waals surface area (Å²) in [5, 5.41) is 17.0. The lowest BCUT2D eigenvalue weighted by Gasteiger charge is -1.99. The van der Waals surface area contributed by atoms with Gasteiger partial charge in [0.05, 0.1) is 18.3 Å². The zero-order valence-electron chi connectivity index (χ0n) is 11.0. The monoisotopic (exact) mass is 280 g/mol. The molecule has 0 aliphatic heterocycles. The van der Waals surface area contributed by atoms with E-state index in [1.165, 1.54) is 0 Å². The van der Waals surface area contributed by atoms with E-state index in [0.717, 1.165) is 11.1 Å². The van der Waals surface area contributed by atoms with Gasteiger partial charge in [-0.25, -0.2) is 9.48 Å². The highest BCUT2D eigenvalue weighted by Crippen LogP contribution is 2.17. The Hall–Kier alpha value is -3.02. The van der Waals surface area contributed by atoms with E-state index in [1.54, 1.807) is 41.3 Å². The molecule has 0 unspecified atom stereocenters. The second-order valence-electron chi connectivity index (χ2n) is 4.55. The highest BCUT2D eigenvalue weighted by atomic mass is 16.4. The van der Waals surface area contributed by atoms with Gasteiger partial charge in [-0.1, -0.05) is 23.4 Å². The molecule has 0 fully saturated rings. The van der Waals surface area contributed by atoms with Crippen LogP contribution in [0.5, 0.6) is 0 Å². The van der Waals surface area contributed by atoms with Crippen LogP contribution in [0.1, 0.15) is 15.9 Å². The third kappa shape index (κ3) is 2.94. The van der Waals surface area contributed by atoms with Gasteiger partial charge in [-0.05, 0) is 23.8 Å². The molecule has 0 saturated heterocycles. The first kappa shape index (κ1) is 13.0. The molecule has 0 atom stereocenters.